The van der Waals surface area contributed by atoms with Crippen LogP contribution in [0.5, 0.6) is 0 Å². The third-order valence-electron chi connectivity index (χ3n) is 6.16. The number of amides is 1. The first-order valence-corrected chi connectivity index (χ1v) is 11.1. The quantitative estimate of drug-likeness (QED) is 0.402. The van der Waals surface area contributed by atoms with Gasteiger partial charge in [0.1, 0.15) is 5.69 Å². The number of nitro benzene ring substituents is 1. The van der Waals surface area contributed by atoms with Gasteiger partial charge in [0.2, 0.25) is 0 Å². The average molecular weight is 437 g/mol. The number of ether oxygens (including phenoxy) is 1. The van der Waals surface area contributed by atoms with Crippen LogP contribution in [-0.2, 0) is 22.5 Å². The molecule has 4 rings (SSSR count). The number of carbonyl (C=O) groups excluding carboxylic acids is 2. The number of anilines is 1. The molecule has 0 atom stereocenters. The molecule has 1 amide bonds. The predicted octanol–water partition coefficient (Wildman–Crippen LogP) is 3.72. The Kier molecular flexibility index (Phi) is 6.68. The van der Waals surface area contributed by atoms with Crippen molar-refractivity contribution in [2.45, 2.75) is 38.6 Å². The molecule has 2 aromatic carbocycles. The molecule has 168 valence electrons. The Balaban J connectivity index is 1.40. The maximum Gasteiger partial charge on any atom is 0.338 e. The minimum Gasteiger partial charge on any atom is -0.452 e. The Hall–Kier alpha value is -3.42. The largest absolute Gasteiger partial charge is 0.452 e. The van der Waals surface area contributed by atoms with Crippen LogP contribution in [0.15, 0.2) is 42.5 Å². The minimum absolute atomic E-state index is 0.0760. The van der Waals surface area contributed by atoms with Gasteiger partial charge in [-0.1, -0.05) is 37.1 Å². The number of nitrogens with zero attached hydrogens (tertiary/aromatic N) is 3. The highest BCUT2D eigenvalue weighted by molar-refractivity contribution is 5.93. The zero-order chi connectivity index (χ0) is 22.5. The van der Waals surface area contributed by atoms with Gasteiger partial charge in [0.25, 0.3) is 11.6 Å². The molecule has 32 heavy (non-hydrogen) atoms. The van der Waals surface area contributed by atoms with Gasteiger partial charge in [-0.2, -0.15) is 0 Å². The van der Waals surface area contributed by atoms with Gasteiger partial charge >= 0.3 is 5.97 Å². The van der Waals surface area contributed by atoms with Gasteiger partial charge in [-0.05, 0) is 42.5 Å². The molecule has 0 N–H and O–H groups in total. The number of esters is 1. The third-order valence-corrected chi connectivity index (χ3v) is 6.16. The van der Waals surface area contributed by atoms with Crippen molar-refractivity contribution < 1.29 is 19.2 Å². The number of hydrogen-bond donors (Lipinski definition) is 0. The Morgan fingerprint density at radius 1 is 0.969 bits per heavy atom. The number of rotatable bonds is 5. The van der Waals surface area contributed by atoms with E-state index in [1.165, 1.54) is 17.7 Å². The van der Waals surface area contributed by atoms with Crippen molar-refractivity contribution >= 4 is 23.3 Å². The van der Waals surface area contributed by atoms with Crippen LogP contribution in [0.3, 0.4) is 0 Å². The number of nitro groups is 1. The summed E-state index contributed by atoms with van der Waals surface area (Å²) in [5, 5.41) is 11.7. The summed E-state index contributed by atoms with van der Waals surface area (Å²) in [5.41, 5.74) is 2.81. The van der Waals surface area contributed by atoms with Crippen LogP contribution in [0, 0.1) is 10.1 Å². The van der Waals surface area contributed by atoms with Crippen LogP contribution in [0.2, 0.25) is 0 Å². The fourth-order valence-electron chi connectivity index (χ4n) is 4.39. The second-order valence-corrected chi connectivity index (χ2v) is 8.27. The maximum atomic E-state index is 12.5. The van der Waals surface area contributed by atoms with Gasteiger partial charge in [-0.15, -0.1) is 0 Å². The summed E-state index contributed by atoms with van der Waals surface area (Å²) in [4.78, 5) is 39.9. The number of carbonyl (C=O) groups is 2. The Labute approximate surface area is 186 Å². The Bertz CT molecular complexity index is 1010. The molecule has 0 aliphatic carbocycles. The van der Waals surface area contributed by atoms with Crippen molar-refractivity contribution in [3.05, 3.63) is 69.3 Å². The zero-order valence-corrected chi connectivity index (χ0v) is 18.0. The fourth-order valence-corrected chi connectivity index (χ4v) is 4.39. The first kappa shape index (κ1) is 21.8. The predicted molar refractivity (Wildman–Crippen MR) is 120 cm³/mol. The maximum absolute atomic E-state index is 12.5. The lowest BCUT2D eigenvalue weighted by atomic mass is 10.00. The van der Waals surface area contributed by atoms with Gasteiger partial charge in [-0.3, -0.25) is 14.9 Å². The molecule has 8 heteroatoms. The summed E-state index contributed by atoms with van der Waals surface area (Å²) >= 11 is 0. The molecule has 0 radical (unpaired) electrons. The van der Waals surface area contributed by atoms with Crippen LogP contribution in [0.1, 0.15) is 47.2 Å². The summed E-state index contributed by atoms with van der Waals surface area (Å²) in [6, 6.07) is 12.4. The van der Waals surface area contributed by atoms with E-state index in [4.69, 9.17) is 4.74 Å². The van der Waals surface area contributed by atoms with E-state index in [2.05, 4.69) is 6.07 Å². The van der Waals surface area contributed by atoms with Crippen LogP contribution in [0.4, 0.5) is 11.4 Å². The van der Waals surface area contributed by atoms with Gasteiger partial charge in [-0.25, -0.2) is 4.79 Å². The van der Waals surface area contributed by atoms with Crippen LogP contribution in [-0.4, -0.2) is 47.9 Å². The van der Waals surface area contributed by atoms with Crippen molar-refractivity contribution in [3.63, 3.8) is 0 Å². The Morgan fingerprint density at radius 3 is 2.41 bits per heavy atom. The SMILES string of the molecule is O=C(OCC(=O)N1CCc2ccccc2C1)c1ccc(N2CCCCCC2)c([N+](=O)[O-])c1. The van der Waals surface area contributed by atoms with Crippen molar-refractivity contribution in [1.29, 1.82) is 0 Å². The zero-order valence-electron chi connectivity index (χ0n) is 18.0. The van der Waals surface area contributed by atoms with E-state index in [-0.39, 0.29) is 23.8 Å². The van der Waals surface area contributed by atoms with E-state index in [1.807, 2.05) is 23.1 Å². The first-order chi connectivity index (χ1) is 15.5. The summed E-state index contributed by atoms with van der Waals surface area (Å²) in [7, 11) is 0. The lowest BCUT2D eigenvalue weighted by Crippen LogP contribution is -2.38. The monoisotopic (exact) mass is 437 g/mol. The number of fused-ring (bicyclic) bond motifs is 1. The normalized spacial score (nSPS) is 16.1. The highest BCUT2D eigenvalue weighted by Crippen LogP contribution is 2.31. The Morgan fingerprint density at radius 2 is 1.69 bits per heavy atom. The molecule has 1 saturated heterocycles. The average Bonchev–Trinajstić information content (AvgIpc) is 3.11. The first-order valence-electron chi connectivity index (χ1n) is 11.1. The molecule has 2 heterocycles. The van der Waals surface area contributed by atoms with E-state index in [1.54, 1.807) is 11.0 Å². The third kappa shape index (κ3) is 4.90. The minimum atomic E-state index is -0.735. The van der Waals surface area contributed by atoms with E-state index in [9.17, 15) is 19.7 Å². The van der Waals surface area contributed by atoms with Crippen LogP contribution in [0.25, 0.3) is 0 Å². The van der Waals surface area contributed by atoms with E-state index < -0.39 is 10.9 Å². The summed E-state index contributed by atoms with van der Waals surface area (Å²) < 4.78 is 5.20. The molecular weight excluding hydrogens is 410 g/mol. The van der Waals surface area contributed by atoms with Gasteiger partial charge < -0.3 is 14.5 Å². The van der Waals surface area contributed by atoms with Crippen molar-refractivity contribution in [2.75, 3.05) is 31.1 Å². The van der Waals surface area contributed by atoms with E-state index >= 15 is 0 Å². The highest BCUT2D eigenvalue weighted by atomic mass is 16.6. The second kappa shape index (κ2) is 9.80. The lowest BCUT2D eigenvalue weighted by Gasteiger charge is -2.28. The molecule has 0 aromatic heterocycles. The van der Waals surface area contributed by atoms with Gasteiger partial charge in [0.15, 0.2) is 6.61 Å². The number of benzene rings is 2. The van der Waals surface area contributed by atoms with E-state index in [0.717, 1.165) is 50.8 Å². The van der Waals surface area contributed by atoms with Crippen LogP contribution >= 0.6 is 0 Å². The summed E-state index contributed by atoms with van der Waals surface area (Å²) in [6.07, 6.45) is 4.98. The topological polar surface area (TPSA) is 93.0 Å². The van der Waals surface area contributed by atoms with Gasteiger partial charge in [0, 0.05) is 32.2 Å². The van der Waals surface area contributed by atoms with E-state index in [0.29, 0.717) is 18.8 Å². The highest BCUT2D eigenvalue weighted by Gasteiger charge is 2.25. The number of hydrogen-bond acceptors (Lipinski definition) is 6. The molecule has 8 nitrogen and oxygen atoms in total. The van der Waals surface area contributed by atoms with Crippen LogP contribution < -0.4 is 4.90 Å². The summed E-state index contributed by atoms with van der Waals surface area (Å²) in [5.74, 6) is -1.01. The molecule has 1 fully saturated rings. The molecular formula is C24H27N3O5. The summed E-state index contributed by atoms with van der Waals surface area (Å²) in [6.45, 7) is 2.20. The van der Waals surface area contributed by atoms with Crippen molar-refractivity contribution in [3.8, 4) is 0 Å². The second-order valence-electron chi connectivity index (χ2n) is 8.27. The lowest BCUT2D eigenvalue weighted by molar-refractivity contribution is -0.384. The molecule has 0 unspecified atom stereocenters. The molecule has 2 aromatic rings. The standard InChI is InChI=1S/C24H27N3O5/c28-23(26-14-11-18-7-3-4-8-20(18)16-26)17-32-24(29)19-9-10-21(22(15-19)27(30)31)25-12-5-1-2-6-13-25/h3-4,7-10,15H,1-2,5-6,11-14,16-17H2. The van der Waals surface area contributed by atoms with Gasteiger partial charge in [0.05, 0.1) is 10.5 Å². The smallest absolute Gasteiger partial charge is 0.338 e. The molecule has 2 aliphatic rings. The van der Waals surface area contributed by atoms with Crippen molar-refractivity contribution in [2.24, 2.45) is 0 Å². The fraction of sp³-hybridized carbons (Fsp3) is 0.417. The molecule has 0 spiro atoms. The molecule has 0 saturated carbocycles. The van der Waals surface area contributed by atoms with Crippen molar-refractivity contribution in [1.82, 2.24) is 4.90 Å². The molecule has 0 bridgehead atoms. The molecule has 2 aliphatic heterocycles.